The highest BCUT2D eigenvalue weighted by atomic mass is 16.5. The molecule has 0 spiro atoms. The Bertz CT molecular complexity index is 1100. The minimum Gasteiger partial charge on any atom is -0.496 e. The van der Waals surface area contributed by atoms with E-state index in [1.165, 1.54) is 12.4 Å². The number of anilines is 2. The highest BCUT2D eigenvalue weighted by molar-refractivity contribution is 5.77. The Labute approximate surface area is 179 Å². The average molecular weight is 421 g/mol. The molecule has 1 fully saturated rings. The number of H-pyrrole nitrogens is 1. The minimum atomic E-state index is 0.0442. The van der Waals surface area contributed by atoms with Crippen LogP contribution in [0.5, 0.6) is 17.2 Å². The summed E-state index contributed by atoms with van der Waals surface area (Å²) in [6.07, 6.45) is 4.98. The van der Waals surface area contributed by atoms with Gasteiger partial charge >= 0.3 is 0 Å². The SMILES string of the molecule is COc1cc(OC)c(-c2cc(Nc3cnc(C#N)cn3)n[nH]2)c(OCC2(CN)CC2)c1. The van der Waals surface area contributed by atoms with Crippen LogP contribution in [0.1, 0.15) is 18.5 Å². The molecule has 0 saturated heterocycles. The molecule has 160 valence electrons. The average Bonchev–Trinajstić information content (AvgIpc) is 3.47. The zero-order valence-corrected chi connectivity index (χ0v) is 17.3. The quantitative estimate of drug-likeness (QED) is 0.475. The second-order valence-corrected chi connectivity index (χ2v) is 7.39. The Kier molecular flexibility index (Phi) is 5.60. The molecular formula is C21H23N7O3. The molecule has 0 amide bonds. The van der Waals surface area contributed by atoms with E-state index in [2.05, 4.69) is 25.5 Å². The zero-order chi connectivity index (χ0) is 21.8. The molecule has 0 atom stereocenters. The molecule has 1 saturated carbocycles. The first kappa shape index (κ1) is 20.4. The Morgan fingerprint density at radius 1 is 1.13 bits per heavy atom. The van der Waals surface area contributed by atoms with Gasteiger partial charge in [0.2, 0.25) is 0 Å². The molecule has 0 aliphatic heterocycles. The fourth-order valence-electron chi connectivity index (χ4n) is 3.13. The number of rotatable bonds is 9. The van der Waals surface area contributed by atoms with E-state index in [1.54, 1.807) is 20.3 Å². The molecule has 1 aliphatic carbocycles. The largest absolute Gasteiger partial charge is 0.496 e. The van der Waals surface area contributed by atoms with Crippen molar-refractivity contribution in [2.75, 3.05) is 32.7 Å². The van der Waals surface area contributed by atoms with Crippen molar-refractivity contribution in [1.29, 1.82) is 5.26 Å². The number of nitrogens with one attached hydrogen (secondary N) is 2. The van der Waals surface area contributed by atoms with Crippen LogP contribution in [0.2, 0.25) is 0 Å². The maximum atomic E-state index is 8.84. The van der Waals surface area contributed by atoms with Crippen LogP contribution in [-0.4, -0.2) is 47.5 Å². The van der Waals surface area contributed by atoms with Gasteiger partial charge in [-0.1, -0.05) is 0 Å². The van der Waals surface area contributed by atoms with E-state index in [1.807, 2.05) is 18.2 Å². The molecule has 31 heavy (non-hydrogen) atoms. The first-order chi connectivity index (χ1) is 15.1. The Hall–Kier alpha value is -3.84. The fourth-order valence-corrected chi connectivity index (χ4v) is 3.13. The summed E-state index contributed by atoms with van der Waals surface area (Å²) < 4.78 is 17.2. The molecule has 10 nitrogen and oxygen atoms in total. The van der Waals surface area contributed by atoms with Crippen LogP contribution in [0, 0.1) is 16.7 Å². The summed E-state index contributed by atoms with van der Waals surface area (Å²) >= 11 is 0. The van der Waals surface area contributed by atoms with E-state index in [4.69, 9.17) is 25.2 Å². The number of aromatic nitrogens is 4. The third-order valence-corrected chi connectivity index (χ3v) is 5.29. The van der Waals surface area contributed by atoms with Gasteiger partial charge in [-0.3, -0.25) is 5.10 Å². The van der Waals surface area contributed by atoms with Gasteiger partial charge in [0.25, 0.3) is 0 Å². The van der Waals surface area contributed by atoms with Crippen LogP contribution in [0.3, 0.4) is 0 Å². The molecule has 3 aromatic rings. The van der Waals surface area contributed by atoms with Crippen LogP contribution in [-0.2, 0) is 0 Å². The predicted molar refractivity (Wildman–Crippen MR) is 113 cm³/mol. The summed E-state index contributed by atoms with van der Waals surface area (Å²) in [5, 5.41) is 19.2. The first-order valence-corrected chi connectivity index (χ1v) is 9.73. The van der Waals surface area contributed by atoms with Crippen LogP contribution >= 0.6 is 0 Å². The lowest BCUT2D eigenvalue weighted by Gasteiger charge is -2.18. The number of nitrogens with two attached hydrogens (primary N) is 1. The lowest BCUT2D eigenvalue weighted by atomic mass is 10.1. The number of ether oxygens (including phenoxy) is 3. The Balaban J connectivity index is 1.63. The van der Waals surface area contributed by atoms with Crippen molar-refractivity contribution in [2.24, 2.45) is 11.1 Å². The predicted octanol–water partition coefficient (Wildman–Crippen LogP) is 2.62. The summed E-state index contributed by atoms with van der Waals surface area (Å²) in [6.45, 7) is 1.11. The maximum absolute atomic E-state index is 8.84. The first-order valence-electron chi connectivity index (χ1n) is 9.73. The molecule has 2 aromatic heterocycles. The summed E-state index contributed by atoms with van der Waals surface area (Å²) in [6, 6.07) is 7.36. The van der Waals surface area contributed by atoms with Gasteiger partial charge in [-0.15, -0.1) is 0 Å². The van der Waals surface area contributed by atoms with Crippen LogP contribution in [0.25, 0.3) is 11.3 Å². The lowest BCUT2D eigenvalue weighted by Crippen LogP contribution is -2.23. The summed E-state index contributed by atoms with van der Waals surface area (Å²) in [5.41, 5.74) is 7.61. The molecule has 4 N–H and O–H groups in total. The van der Waals surface area contributed by atoms with E-state index >= 15 is 0 Å². The highest BCUT2D eigenvalue weighted by Gasteiger charge is 2.42. The molecular weight excluding hydrogens is 398 g/mol. The monoisotopic (exact) mass is 421 g/mol. The van der Waals surface area contributed by atoms with Crippen molar-refractivity contribution in [2.45, 2.75) is 12.8 Å². The maximum Gasteiger partial charge on any atom is 0.158 e. The van der Waals surface area contributed by atoms with Gasteiger partial charge in [0.1, 0.15) is 29.1 Å². The number of nitrogens with zero attached hydrogens (tertiary/aromatic N) is 4. The number of nitriles is 1. The second-order valence-electron chi connectivity index (χ2n) is 7.39. The molecule has 10 heteroatoms. The molecule has 1 aromatic carbocycles. The standard InChI is InChI=1S/C21H23N7O3/c1-29-14-5-16(30-2)20(17(6-14)31-12-21(11-23)3-4-21)15-7-18(28-27-15)26-19-10-24-13(8-22)9-25-19/h5-7,9-10H,3-4,11-12,23H2,1-2H3,(H2,25,26,27,28). The molecule has 0 radical (unpaired) electrons. The van der Waals surface area contributed by atoms with E-state index in [0.29, 0.717) is 47.7 Å². The van der Waals surface area contributed by atoms with Gasteiger partial charge in [0, 0.05) is 30.2 Å². The third-order valence-electron chi connectivity index (χ3n) is 5.29. The normalized spacial score (nSPS) is 13.9. The second kappa shape index (κ2) is 8.49. The van der Waals surface area contributed by atoms with E-state index in [0.717, 1.165) is 18.4 Å². The van der Waals surface area contributed by atoms with Gasteiger partial charge in [0.05, 0.1) is 44.5 Å². The number of benzene rings is 1. The summed E-state index contributed by atoms with van der Waals surface area (Å²) in [7, 11) is 3.18. The van der Waals surface area contributed by atoms with Crippen molar-refractivity contribution < 1.29 is 14.2 Å². The zero-order valence-electron chi connectivity index (χ0n) is 17.3. The molecule has 0 unspecified atom stereocenters. The number of methoxy groups -OCH3 is 2. The van der Waals surface area contributed by atoms with Gasteiger partial charge < -0.3 is 25.3 Å². The number of hydrogen-bond donors (Lipinski definition) is 3. The van der Waals surface area contributed by atoms with Crippen molar-refractivity contribution in [3.63, 3.8) is 0 Å². The highest BCUT2D eigenvalue weighted by Crippen LogP contribution is 2.47. The molecule has 1 aliphatic rings. The van der Waals surface area contributed by atoms with E-state index < -0.39 is 0 Å². The summed E-state index contributed by atoms with van der Waals surface area (Å²) in [4.78, 5) is 8.14. The van der Waals surface area contributed by atoms with Crippen molar-refractivity contribution in [1.82, 2.24) is 20.2 Å². The number of aromatic amines is 1. The smallest absolute Gasteiger partial charge is 0.158 e. The summed E-state index contributed by atoms with van der Waals surface area (Å²) in [5.74, 6) is 2.82. The molecule has 4 rings (SSSR count). The topological polar surface area (TPSA) is 144 Å². The van der Waals surface area contributed by atoms with Gasteiger partial charge in [0.15, 0.2) is 11.5 Å². The van der Waals surface area contributed by atoms with Crippen molar-refractivity contribution in [3.8, 4) is 34.6 Å². The molecule has 2 heterocycles. The van der Waals surface area contributed by atoms with Gasteiger partial charge in [-0.05, 0) is 12.8 Å². The number of hydrogen-bond acceptors (Lipinski definition) is 9. The van der Waals surface area contributed by atoms with Crippen LogP contribution in [0.15, 0.2) is 30.6 Å². The Morgan fingerprint density at radius 2 is 1.94 bits per heavy atom. The minimum absolute atomic E-state index is 0.0442. The van der Waals surface area contributed by atoms with E-state index in [9.17, 15) is 0 Å². The van der Waals surface area contributed by atoms with Crippen molar-refractivity contribution >= 4 is 11.6 Å². The van der Waals surface area contributed by atoms with Crippen LogP contribution < -0.4 is 25.3 Å². The van der Waals surface area contributed by atoms with Crippen LogP contribution in [0.4, 0.5) is 11.6 Å². The molecule has 0 bridgehead atoms. The van der Waals surface area contributed by atoms with Crippen molar-refractivity contribution in [3.05, 3.63) is 36.3 Å². The van der Waals surface area contributed by atoms with E-state index in [-0.39, 0.29) is 11.1 Å². The van der Waals surface area contributed by atoms with Gasteiger partial charge in [-0.25, -0.2) is 9.97 Å². The lowest BCUT2D eigenvalue weighted by molar-refractivity contribution is 0.238. The fraction of sp³-hybridized carbons (Fsp3) is 0.333. The van der Waals surface area contributed by atoms with Gasteiger partial charge in [-0.2, -0.15) is 10.4 Å². The Morgan fingerprint density at radius 3 is 2.55 bits per heavy atom. The third kappa shape index (κ3) is 4.36.